The largest absolute Gasteiger partial charge is 0.316 e. The maximum atomic E-state index is 5.48. The summed E-state index contributed by atoms with van der Waals surface area (Å²) in [6.45, 7) is 0. The smallest absolute Gasteiger partial charge is 0.235 e. The zero-order valence-corrected chi connectivity index (χ0v) is 27.2. The van der Waals surface area contributed by atoms with Crippen LogP contribution in [-0.4, -0.2) is 19.1 Å². The third-order valence-corrected chi connectivity index (χ3v) is 10.4. The summed E-state index contributed by atoms with van der Waals surface area (Å²) in [6, 6.07) is 55.9. The van der Waals surface area contributed by atoms with Gasteiger partial charge in [0, 0.05) is 33.6 Å². The summed E-state index contributed by atoms with van der Waals surface area (Å²) in [5, 5.41) is 5.64. The van der Waals surface area contributed by atoms with E-state index in [4.69, 9.17) is 9.97 Å². The van der Waals surface area contributed by atoms with Crippen molar-refractivity contribution in [2.24, 2.45) is 0 Å². The van der Waals surface area contributed by atoms with Crippen molar-refractivity contribution in [3.05, 3.63) is 169 Å². The Morgan fingerprint density at radius 2 is 1.12 bits per heavy atom. The van der Waals surface area contributed by atoms with E-state index in [2.05, 4.69) is 178 Å². The second-order valence-corrected chi connectivity index (χ2v) is 13.2. The molecule has 0 fully saturated rings. The lowest BCUT2D eigenvalue weighted by Gasteiger charge is -2.13. The molecule has 0 saturated heterocycles. The molecule has 10 aromatic rings. The van der Waals surface area contributed by atoms with Crippen LogP contribution >= 0.6 is 11.3 Å². The van der Waals surface area contributed by atoms with Gasteiger partial charge in [0.1, 0.15) is 0 Å². The van der Waals surface area contributed by atoms with E-state index in [1.807, 2.05) is 0 Å². The van der Waals surface area contributed by atoms with E-state index in [1.165, 1.54) is 21.9 Å². The molecule has 230 valence electrons. The lowest BCUT2D eigenvalue weighted by molar-refractivity contribution is 1.02. The van der Waals surface area contributed by atoms with E-state index < -0.39 is 0 Å². The number of rotatable bonds is 5. The highest BCUT2D eigenvalue weighted by Gasteiger charge is 2.21. The number of thiophene rings is 1. The number of hydrogen-bond donors (Lipinski definition) is 0. The molecular weight excluding hydrogens is 617 g/mol. The average Bonchev–Trinajstić information content (AvgIpc) is 3.91. The van der Waals surface area contributed by atoms with Crippen molar-refractivity contribution in [2.45, 2.75) is 0 Å². The lowest BCUT2D eigenvalue weighted by Crippen LogP contribution is -2.03. The van der Waals surface area contributed by atoms with E-state index in [1.54, 1.807) is 11.3 Å². The summed E-state index contributed by atoms with van der Waals surface area (Å²) in [5.41, 5.74) is 12.1. The molecule has 4 nitrogen and oxygen atoms in total. The first-order chi connectivity index (χ1) is 24.3. The van der Waals surface area contributed by atoms with Crippen molar-refractivity contribution in [3.63, 3.8) is 0 Å². The van der Waals surface area contributed by atoms with Gasteiger partial charge < -0.3 is 4.57 Å². The molecule has 0 saturated carbocycles. The molecule has 0 spiro atoms. The fourth-order valence-corrected chi connectivity index (χ4v) is 8.05. The highest BCUT2D eigenvalue weighted by atomic mass is 32.1. The molecule has 0 N–H and O–H groups in total. The molecule has 0 aliphatic heterocycles. The zero-order valence-electron chi connectivity index (χ0n) is 26.4. The first-order valence-electron chi connectivity index (χ1n) is 16.4. The quantitative estimate of drug-likeness (QED) is 0.187. The van der Waals surface area contributed by atoms with Crippen LogP contribution in [0.15, 0.2) is 169 Å². The molecule has 0 atom stereocenters. The Morgan fingerprint density at radius 3 is 1.86 bits per heavy atom. The maximum absolute atomic E-state index is 5.48. The van der Waals surface area contributed by atoms with Crippen LogP contribution < -0.4 is 0 Å². The summed E-state index contributed by atoms with van der Waals surface area (Å²) in [7, 11) is 0. The van der Waals surface area contributed by atoms with Gasteiger partial charge in [-0.1, -0.05) is 103 Å². The monoisotopic (exact) mass is 644 g/mol. The second-order valence-electron chi connectivity index (χ2n) is 12.3. The summed E-state index contributed by atoms with van der Waals surface area (Å²) >= 11 is 1.69. The molecule has 0 unspecified atom stereocenters. The summed E-state index contributed by atoms with van der Waals surface area (Å²) in [4.78, 5) is 10.7. The van der Waals surface area contributed by atoms with Gasteiger partial charge in [0.05, 0.1) is 32.5 Å². The number of para-hydroxylation sites is 2. The number of hydrogen-bond acceptors (Lipinski definition) is 3. The summed E-state index contributed by atoms with van der Waals surface area (Å²) < 4.78 is 5.60. The van der Waals surface area contributed by atoms with Crippen molar-refractivity contribution in [2.75, 3.05) is 0 Å². The Bertz CT molecular complexity index is 2750. The number of fused-ring (bicyclic) bond motifs is 6. The van der Waals surface area contributed by atoms with Crippen molar-refractivity contribution >= 4 is 54.3 Å². The fraction of sp³-hybridized carbons (Fsp3) is 0. The summed E-state index contributed by atoms with van der Waals surface area (Å²) in [5.74, 6) is 0.665. The van der Waals surface area contributed by atoms with Gasteiger partial charge >= 0.3 is 0 Å². The second kappa shape index (κ2) is 11.2. The van der Waals surface area contributed by atoms with Gasteiger partial charge in [0.2, 0.25) is 5.95 Å². The maximum Gasteiger partial charge on any atom is 0.235 e. The third kappa shape index (κ3) is 4.51. The van der Waals surface area contributed by atoms with E-state index >= 15 is 0 Å². The van der Waals surface area contributed by atoms with Crippen LogP contribution in [0.4, 0.5) is 0 Å². The van der Waals surface area contributed by atoms with Crippen LogP contribution in [0, 0.1) is 0 Å². The molecule has 0 aliphatic carbocycles. The minimum Gasteiger partial charge on any atom is -0.316 e. The van der Waals surface area contributed by atoms with E-state index in [9.17, 15) is 0 Å². The molecule has 10 rings (SSSR count). The topological polar surface area (TPSA) is 35.6 Å². The number of aromatic nitrogens is 4. The van der Waals surface area contributed by atoms with Crippen LogP contribution in [0.3, 0.4) is 0 Å². The van der Waals surface area contributed by atoms with Gasteiger partial charge in [-0.15, -0.1) is 11.3 Å². The zero-order chi connectivity index (χ0) is 32.3. The van der Waals surface area contributed by atoms with Crippen molar-refractivity contribution in [1.29, 1.82) is 0 Å². The highest BCUT2D eigenvalue weighted by Crippen LogP contribution is 2.40. The lowest BCUT2D eigenvalue weighted by atomic mass is 9.95. The minimum absolute atomic E-state index is 0.665. The normalized spacial score (nSPS) is 11.7. The van der Waals surface area contributed by atoms with Gasteiger partial charge in [-0.25, -0.2) is 9.97 Å². The molecule has 0 radical (unpaired) electrons. The van der Waals surface area contributed by atoms with E-state index in [0.717, 1.165) is 60.2 Å². The Hall–Kier alpha value is -6.30. The van der Waals surface area contributed by atoms with Crippen molar-refractivity contribution in [3.8, 4) is 45.1 Å². The first kappa shape index (κ1) is 27.8. The van der Waals surface area contributed by atoms with Crippen LogP contribution in [0.2, 0.25) is 0 Å². The van der Waals surface area contributed by atoms with Crippen LogP contribution in [0.1, 0.15) is 0 Å². The van der Waals surface area contributed by atoms with E-state index in [-0.39, 0.29) is 0 Å². The first-order valence-corrected chi connectivity index (χ1v) is 17.3. The highest BCUT2D eigenvalue weighted by molar-refractivity contribution is 7.17. The third-order valence-electron chi connectivity index (χ3n) is 9.45. The molecule has 49 heavy (non-hydrogen) atoms. The van der Waals surface area contributed by atoms with Gasteiger partial charge in [-0.2, -0.15) is 0 Å². The van der Waals surface area contributed by atoms with Crippen LogP contribution in [0.5, 0.6) is 0 Å². The SMILES string of the molecule is c1ccc(-c2cc(-c3ccccc3)cc(-c3nc(-n4c5ccccc5c5ccc6c(ccn6-c6ccccc6)c54)nc4ccsc34)c2)cc1. The van der Waals surface area contributed by atoms with Gasteiger partial charge in [-0.3, -0.25) is 4.57 Å². The standard InChI is InChI=1S/C44H28N4S/c1-4-12-29(13-5-1)31-26-32(30-14-6-2-7-15-30)28-33(27-31)41-43-38(23-25-49-43)45-44(46-41)48-40-19-11-10-18-35(40)36-20-21-39-37(42(36)48)22-24-47(39)34-16-8-3-9-17-34/h1-28H. The van der Waals surface area contributed by atoms with E-state index in [0.29, 0.717) is 5.95 Å². The number of nitrogens with zero attached hydrogens (tertiary/aromatic N) is 4. The predicted molar refractivity (Wildman–Crippen MR) is 205 cm³/mol. The van der Waals surface area contributed by atoms with Gasteiger partial charge in [-0.05, 0) is 82.2 Å². The van der Waals surface area contributed by atoms with Crippen LogP contribution in [0.25, 0.3) is 88.1 Å². The molecule has 0 aliphatic rings. The molecule has 6 aromatic carbocycles. The Balaban J connectivity index is 1.26. The number of benzene rings is 6. The minimum atomic E-state index is 0.665. The van der Waals surface area contributed by atoms with Crippen molar-refractivity contribution in [1.82, 2.24) is 19.1 Å². The molecule has 0 amide bonds. The van der Waals surface area contributed by atoms with Gasteiger partial charge in [0.25, 0.3) is 0 Å². The predicted octanol–water partition coefficient (Wildman–Crippen LogP) is 11.7. The Kier molecular flexibility index (Phi) is 6.32. The fourth-order valence-electron chi connectivity index (χ4n) is 7.20. The Labute approximate surface area is 286 Å². The van der Waals surface area contributed by atoms with Gasteiger partial charge in [0.15, 0.2) is 0 Å². The Morgan fingerprint density at radius 1 is 0.469 bits per heavy atom. The molecule has 5 heteroatoms. The average molecular weight is 645 g/mol. The molecule has 0 bridgehead atoms. The molecule has 4 aromatic heterocycles. The molecular formula is C44H28N4S. The van der Waals surface area contributed by atoms with Crippen LogP contribution in [-0.2, 0) is 0 Å². The molecule has 4 heterocycles. The van der Waals surface area contributed by atoms with Crippen molar-refractivity contribution < 1.29 is 0 Å². The summed E-state index contributed by atoms with van der Waals surface area (Å²) in [6.07, 6.45) is 2.16.